The van der Waals surface area contributed by atoms with Gasteiger partial charge in [0.2, 0.25) is 0 Å². The van der Waals surface area contributed by atoms with Gasteiger partial charge in [0.25, 0.3) is 0 Å². The molecule has 44 heavy (non-hydrogen) atoms. The second kappa shape index (κ2) is 12.8. The van der Waals surface area contributed by atoms with Gasteiger partial charge >= 0.3 is 6.09 Å². The molecule has 0 aliphatic carbocycles. The molecule has 236 valence electrons. The number of nitrogens with zero attached hydrogens (tertiary/aromatic N) is 3. The number of aromatic nitrogens is 1. The Balaban J connectivity index is 1.11. The minimum absolute atomic E-state index is 0.256. The molecule has 4 heterocycles. The van der Waals surface area contributed by atoms with Gasteiger partial charge in [0.15, 0.2) is 0 Å². The van der Waals surface area contributed by atoms with E-state index in [9.17, 15) is 4.79 Å². The van der Waals surface area contributed by atoms with Crippen molar-refractivity contribution in [1.29, 1.82) is 0 Å². The first-order valence-electron chi connectivity index (χ1n) is 16.2. The average molecular weight is 618 g/mol. The maximum absolute atomic E-state index is 12.7. The van der Waals surface area contributed by atoms with E-state index in [2.05, 4.69) is 55.1 Å². The number of ether oxygens (including phenoxy) is 3. The SMILES string of the molecule is Cc1c(OCCCN2CCC3(CCOCC3)C2)cccc1-c1cccc(-c2nc3c(s2)CN(C(=O)OC(C)(C)C)CC3)c1C. The van der Waals surface area contributed by atoms with Crippen LogP contribution in [0.1, 0.15) is 68.2 Å². The monoisotopic (exact) mass is 617 g/mol. The fourth-order valence-electron chi connectivity index (χ4n) is 6.92. The molecule has 0 bridgehead atoms. The van der Waals surface area contributed by atoms with Gasteiger partial charge in [0, 0.05) is 49.7 Å². The van der Waals surface area contributed by atoms with Crippen LogP contribution in [0.3, 0.4) is 0 Å². The van der Waals surface area contributed by atoms with Gasteiger partial charge in [-0.25, -0.2) is 9.78 Å². The van der Waals surface area contributed by atoms with Crippen molar-refractivity contribution >= 4 is 17.4 Å². The zero-order valence-electron chi connectivity index (χ0n) is 27.0. The van der Waals surface area contributed by atoms with Crippen molar-refractivity contribution in [2.45, 2.75) is 78.9 Å². The fraction of sp³-hybridized carbons (Fsp3) is 0.556. The van der Waals surface area contributed by atoms with E-state index in [1.807, 2.05) is 20.8 Å². The molecular formula is C36H47N3O4S. The molecule has 2 aromatic carbocycles. The highest BCUT2D eigenvalue weighted by atomic mass is 32.1. The number of carbonyl (C=O) groups excluding carboxylic acids is 1. The van der Waals surface area contributed by atoms with Gasteiger partial charge in [0.05, 0.1) is 18.8 Å². The summed E-state index contributed by atoms with van der Waals surface area (Å²) >= 11 is 1.69. The zero-order chi connectivity index (χ0) is 30.9. The van der Waals surface area contributed by atoms with E-state index >= 15 is 0 Å². The smallest absolute Gasteiger partial charge is 0.410 e. The maximum atomic E-state index is 12.7. The van der Waals surface area contributed by atoms with Crippen molar-refractivity contribution in [3.05, 3.63) is 58.1 Å². The highest BCUT2D eigenvalue weighted by Crippen LogP contribution is 2.41. The molecule has 6 rings (SSSR count). The summed E-state index contributed by atoms with van der Waals surface area (Å²) in [4.78, 5) is 23.3. The molecular weight excluding hydrogens is 570 g/mol. The lowest BCUT2D eigenvalue weighted by Gasteiger charge is -2.33. The van der Waals surface area contributed by atoms with Gasteiger partial charge < -0.3 is 24.0 Å². The normalized spacial score (nSPS) is 18.4. The number of rotatable bonds is 7. The molecule has 1 amide bonds. The topological polar surface area (TPSA) is 64.1 Å². The molecule has 1 aromatic heterocycles. The summed E-state index contributed by atoms with van der Waals surface area (Å²) in [5.41, 5.74) is 7.00. The molecule has 0 saturated carbocycles. The lowest BCUT2D eigenvalue weighted by Crippen LogP contribution is -2.39. The first-order valence-corrected chi connectivity index (χ1v) is 17.0. The van der Waals surface area contributed by atoms with E-state index in [1.165, 1.54) is 54.6 Å². The Hall–Kier alpha value is -2.94. The van der Waals surface area contributed by atoms with Gasteiger partial charge in [-0.1, -0.05) is 30.3 Å². The van der Waals surface area contributed by atoms with Crippen molar-refractivity contribution < 1.29 is 19.0 Å². The zero-order valence-corrected chi connectivity index (χ0v) is 27.9. The number of hydrogen-bond acceptors (Lipinski definition) is 7. The van der Waals surface area contributed by atoms with Crippen LogP contribution < -0.4 is 4.74 Å². The van der Waals surface area contributed by atoms with Crippen LogP contribution in [0.15, 0.2) is 36.4 Å². The second-order valence-electron chi connectivity index (χ2n) is 13.8. The molecule has 2 fully saturated rings. The Morgan fingerprint density at radius 1 is 1.00 bits per heavy atom. The van der Waals surface area contributed by atoms with Crippen molar-refractivity contribution in [1.82, 2.24) is 14.8 Å². The molecule has 8 heteroatoms. The summed E-state index contributed by atoms with van der Waals surface area (Å²) < 4.78 is 17.6. The lowest BCUT2D eigenvalue weighted by molar-refractivity contribution is 0.0192. The van der Waals surface area contributed by atoms with Crippen LogP contribution in [0.25, 0.3) is 21.7 Å². The first kappa shape index (κ1) is 31.1. The molecule has 1 spiro atoms. The lowest BCUT2D eigenvalue weighted by atomic mass is 9.80. The molecule has 0 radical (unpaired) electrons. The second-order valence-corrected chi connectivity index (χ2v) is 14.9. The van der Waals surface area contributed by atoms with Crippen molar-refractivity contribution in [2.75, 3.05) is 46.0 Å². The molecule has 7 nitrogen and oxygen atoms in total. The third-order valence-corrected chi connectivity index (χ3v) is 10.6. The Morgan fingerprint density at radius 2 is 1.73 bits per heavy atom. The Labute approximate surface area is 266 Å². The van der Waals surface area contributed by atoms with Gasteiger partial charge in [-0.15, -0.1) is 11.3 Å². The van der Waals surface area contributed by atoms with Crippen LogP contribution in [0.4, 0.5) is 4.79 Å². The van der Waals surface area contributed by atoms with Crippen molar-refractivity contribution in [2.24, 2.45) is 5.41 Å². The number of benzene rings is 2. The Kier molecular flexibility index (Phi) is 9.05. The number of hydrogen-bond donors (Lipinski definition) is 0. The third kappa shape index (κ3) is 6.82. The summed E-state index contributed by atoms with van der Waals surface area (Å²) in [6, 6.07) is 12.9. The van der Waals surface area contributed by atoms with E-state index in [4.69, 9.17) is 19.2 Å². The minimum atomic E-state index is -0.503. The molecule has 3 aliphatic heterocycles. The van der Waals surface area contributed by atoms with Crippen LogP contribution >= 0.6 is 11.3 Å². The van der Waals surface area contributed by atoms with Gasteiger partial charge in [-0.3, -0.25) is 0 Å². The highest BCUT2D eigenvalue weighted by Gasteiger charge is 2.39. The van der Waals surface area contributed by atoms with Crippen LogP contribution in [0, 0.1) is 19.3 Å². The molecule has 0 N–H and O–H groups in total. The maximum Gasteiger partial charge on any atom is 0.410 e. The highest BCUT2D eigenvalue weighted by molar-refractivity contribution is 7.15. The summed E-state index contributed by atoms with van der Waals surface area (Å²) in [6.07, 6.45) is 5.26. The predicted molar refractivity (Wildman–Crippen MR) is 176 cm³/mol. The standard InChI is InChI=1S/C36H47N3O4S/c1-25-27(9-6-11-29(25)33-37-30-13-18-39(23-32(30)44-33)34(40)43-35(3,4)5)28-10-7-12-31(26(28)2)42-20-8-17-38-19-14-36(24-38)15-21-41-22-16-36/h6-7,9-12H,8,13-24H2,1-5H3. The van der Waals surface area contributed by atoms with Crippen molar-refractivity contribution in [3.8, 4) is 27.4 Å². The molecule has 3 aromatic rings. The van der Waals surface area contributed by atoms with Gasteiger partial charge in [-0.2, -0.15) is 0 Å². The number of fused-ring (bicyclic) bond motifs is 1. The van der Waals surface area contributed by atoms with Crippen LogP contribution in [-0.2, 0) is 22.4 Å². The summed E-state index contributed by atoms with van der Waals surface area (Å²) in [5, 5.41) is 1.01. The van der Waals surface area contributed by atoms with Gasteiger partial charge in [-0.05, 0) is 101 Å². The van der Waals surface area contributed by atoms with Crippen LogP contribution in [-0.4, -0.2) is 72.5 Å². The number of thiazole rings is 1. The minimum Gasteiger partial charge on any atom is -0.493 e. The molecule has 0 unspecified atom stereocenters. The van der Waals surface area contributed by atoms with E-state index in [0.29, 0.717) is 18.5 Å². The van der Waals surface area contributed by atoms with E-state index in [0.717, 1.165) is 66.1 Å². The van der Waals surface area contributed by atoms with Crippen LogP contribution in [0.2, 0.25) is 0 Å². The fourth-order valence-corrected chi connectivity index (χ4v) is 8.12. The number of amides is 1. The Bertz CT molecular complexity index is 1490. The van der Waals surface area contributed by atoms with Crippen LogP contribution in [0.5, 0.6) is 5.75 Å². The predicted octanol–water partition coefficient (Wildman–Crippen LogP) is 7.66. The van der Waals surface area contributed by atoms with E-state index < -0.39 is 5.60 Å². The number of carbonyl (C=O) groups is 1. The summed E-state index contributed by atoms with van der Waals surface area (Å²) in [6.45, 7) is 17.3. The molecule has 0 atom stereocenters. The van der Waals surface area contributed by atoms with E-state index in [-0.39, 0.29) is 6.09 Å². The first-order chi connectivity index (χ1) is 21.1. The van der Waals surface area contributed by atoms with Crippen molar-refractivity contribution in [3.63, 3.8) is 0 Å². The average Bonchev–Trinajstić information content (AvgIpc) is 3.59. The van der Waals surface area contributed by atoms with Gasteiger partial charge in [0.1, 0.15) is 16.4 Å². The third-order valence-electron chi connectivity index (χ3n) is 9.47. The largest absolute Gasteiger partial charge is 0.493 e. The Morgan fingerprint density at radius 3 is 2.50 bits per heavy atom. The van der Waals surface area contributed by atoms with E-state index in [1.54, 1.807) is 16.2 Å². The quantitative estimate of drug-likeness (QED) is 0.254. The summed E-state index contributed by atoms with van der Waals surface area (Å²) in [5.74, 6) is 0.960. The summed E-state index contributed by atoms with van der Waals surface area (Å²) in [7, 11) is 0. The number of likely N-dealkylation sites (tertiary alicyclic amines) is 1. The molecule has 3 aliphatic rings. The molecule has 2 saturated heterocycles.